The van der Waals surface area contributed by atoms with Gasteiger partial charge in [-0.1, -0.05) is 35.5 Å². The molecule has 0 spiro atoms. The zero-order valence-electron chi connectivity index (χ0n) is 6.18. The minimum atomic E-state index is 0.868. The van der Waals surface area contributed by atoms with Crippen LogP contribution in [0.15, 0.2) is 36.5 Å². The van der Waals surface area contributed by atoms with E-state index in [4.69, 9.17) is 0 Å². The van der Waals surface area contributed by atoms with E-state index in [1.807, 2.05) is 36.5 Å². The Labute approximate surface area is 78.4 Å². The molecule has 0 amide bonds. The highest BCUT2D eigenvalue weighted by Crippen LogP contribution is 2.14. The van der Waals surface area contributed by atoms with Gasteiger partial charge in [0.2, 0.25) is 0 Å². The molecule has 0 radical (unpaired) electrons. The van der Waals surface area contributed by atoms with Crippen molar-refractivity contribution >= 4 is 16.1 Å². The minimum absolute atomic E-state index is 0.868. The maximum Gasteiger partial charge on any atom is 0.114 e. The SMILES string of the molecule is Brn1cc(-c2ccccc2)nn1. The van der Waals surface area contributed by atoms with Crippen molar-refractivity contribution in [3.8, 4) is 11.3 Å². The molecule has 1 aromatic carbocycles. The zero-order valence-corrected chi connectivity index (χ0v) is 7.77. The van der Waals surface area contributed by atoms with Crippen LogP contribution in [0.4, 0.5) is 0 Å². The predicted octanol–water partition coefficient (Wildman–Crippen LogP) is 2.10. The van der Waals surface area contributed by atoms with Gasteiger partial charge in [-0.15, -0.1) is 5.10 Å². The van der Waals surface area contributed by atoms with Crippen LogP contribution in [0.1, 0.15) is 0 Å². The summed E-state index contributed by atoms with van der Waals surface area (Å²) in [5.74, 6) is 0. The average Bonchev–Trinajstić information content (AvgIpc) is 2.54. The topological polar surface area (TPSA) is 30.7 Å². The lowest BCUT2D eigenvalue weighted by atomic mass is 10.2. The first-order valence-corrected chi connectivity index (χ1v) is 4.21. The number of halogens is 1. The first kappa shape index (κ1) is 7.49. The van der Waals surface area contributed by atoms with Crippen molar-refractivity contribution in [1.29, 1.82) is 0 Å². The summed E-state index contributed by atoms with van der Waals surface area (Å²) in [7, 11) is 0. The van der Waals surface area contributed by atoms with Crippen LogP contribution in [-0.4, -0.2) is 14.0 Å². The number of hydrogen-bond donors (Lipinski definition) is 0. The second-order valence-electron chi connectivity index (χ2n) is 2.36. The zero-order chi connectivity index (χ0) is 8.39. The molecule has 3 nitrogen and oxygen atoms in total. The van der Waals surface area contributed by atoms with Crippen molar-refractivity contribution in [2.24, 2.45) is 0 Å². The van der Waals surface area contributed by atoms with Crippen molar-refractivity contribution in [2.45, 2.75) is 0 Å². The summed E-state index contributed by atoms with van der Waals surface area (Å²) in [6.07, 6.45) is 1.81. The molecular weight excluding hydrogens is 218 g/mol. The number of rotatable bonds is 1. The molecule has 0 aliphatic heterocycles. The summed E-state index contributed by atoms with van der Waals surface area (Å²) in [6, 6.07) is 9.92. The summed E-state index contributed by atoms with van der Waals surface area (Å²) in [6.45, 7) is 0. The molecule has 0 aliphatic carbocycles. The molecule has 0 saturated heterocycles. The molecule has 4 heteroatoms. The van der Waals surface area contributed by atoms with Gasteiger partial charge in [0.05, 0.1) is 22.3 Å². The molecule has 0 N–H and O–H groups in total. The van der Waals surface area contributed by atoms with Gasteiger partial charge in [-0.05, 0) is 0 Å². The van der Waals surface area contributed by atoms with Crippen molar-refractivity contribution in [3.63, 3.8) is 0 Å². The fraction of sp³-hybridized carbons (Fsp3) is 0. The van der Waals surface area contributed by atoms with Crippen LogP contribution < -0.4 is 0 Å². The fourth-order valence-electron chi connectivity index (χ4n) is 0.985. The highest BCUT2D eigenvalue weighted by atomic mass is 79.9. The fourth-order valence-corrected chi connectivity index (χ4v) is 1.25. The molecule has 0 atom stereocenters. The molecule has 1 aromatic heterocycles. The number of aromatic nitrogens is 3. The average molecular weight is 224 g/mol. The molecule has 0 unspecified atom stereocenters. The maximum atomic E-state index is 3.95. The smallest absolute Gasteiger partial charge is 0.114 e. The Hall–Kier alpha value is -1.16. The van der Waals surface area contributed by atoms with Crippen LogP contribution in [0.2, 0.25) is 0 Å². The molecule has 0 bridgehead atoms. The highest BCUT2D eigenvalue weighted by molar-refractivity contribution is 9.08. The Morgan fingerprint density at radius 3 is 2.50 bits per heavy atom. The van der Waals surface area contributed by atoms with Crippen LogP contribution >= 0.6 is 16.1 Å². The Kier molecular flexibility index (Phi) is 1.91. The van der Waals surface area contributed by atoms with E-state index < -0.39 is 0 Å². The molecule has 2 aromatic rings. The van der Waals surface area contributed by atoms with E-state index >= 15 is 0 Å². The van der Waals surface area contributed by atoms with E-state index in [-0.39, 0.29) is 0 Å². The van der Waals surface area contributed by atoms with E-state index in [9.17, 15) is 0 Å². The molecule has 0 aliphatic rings. The third-order valence-electron chi connectivity index (χ3n) is 1.54. The van der Waals surface area contributed by atoms with Gasteiger partial charge in [0, 0.05) is 5.56 Å². The lowest BCUT2D eigenvalue weighted by molar-refractivity contribution is 0.906. The monoisotopic (exact) mass is 223 g/mol. The first-order valence-electron chi connectivity index (χ1n) is 3.50. The molecule has 1 heterocycles. The van der Waals surface area contributed by atoms with Crippen molar-refractivity contribution in [1.82, 2.24) is 14.0 Å². The van der Waals surface area contributed by atoms with Crippen LogP contribution in [0.3, 0.4) is 0 Å². The first-order chi connectivity index (χ1) is 5.86. The van der Waals surface area contributed by atoms with Gasteiger partial charge in [0.15, 0.2) is 0 Å². The Balaban J connectivity index is 2.45. The molecule has 60 valence electrons. The molecule has 2 rings (SSSR count). The number of benzene rings is 1. The summed E-state index contributed by atoms with van der Waals surface area (Å²) >= 11 is 3.17. The molecule has 12 heavy (non-hydrogen) atoms. The van der Waals surface area contributed by atoms with Gasteiger partial charge in [0.1, 0.15) is 5.69 Å². The van der Waals surface area contributed by atoms with Crippen LogP contribution in [0.5, 0.6) is 0 Å². The second-order valence-corrected chi connectivity index (χ2v) is 3.09. The lowest BCUT2D eigenvalue weighted by Gasteiger charge is -1.91. The van der Waals surface area contributed by atoms with Gasteiger partial charge < -0.3 is 0 Å². The molecule has 0 fully saturated rings. The summed E-state index contributed by atoms with van der Waals surface area (Å²) in [4.78, 5) is 0. The number of hydrogen-bond acceptors (Lipinski definition) is 2. The normalized spacial score (nSPS) is 10.1. The van der Waals surface area contributed by atoms with Gasteiger partial charge >= 0.3 is 0 Å². The van der Waals surface area contributed by atoms with E-state index in [0.717, 1.165) is 11.3 Å². The van der Waals surface area contributed by atoms with Crippen LogP contribution in [0.25, 0.3) is 11.3 Å². The Morgan fingerprint density at radius 2 is 1.92 bits per heavy atom. The summed E-state index contributed by atoms with van der Waals surface area (Å²) in [5.41, 5.74) is 1.94. The third-order valence-corrected chi connectivity index (χ3v) is 1.88. The summed E-state index contributed by atoms with van der Waals surface area (Å²) < 4.78 is 1.51. The molecule has 0 saturated carbocycles. The van der Waals surface area contributed by atoms with E-state index in [0.29, 0.717) is 0 Å². The van der Waals surface area contributed by atoms with Crippen LogP contribution in [-0.2, 0) is 0 Å². The van der Waals surface area contributed by atoms with E-state index in [1.165, 1.54) is 3.71 Å². The Bertz CT molecular complexity index is 369. The highest BCUT2D eigenvalue weighted by Gasteiger charge is 1.99. The Morgan fingerprint density at radius 1 is 1.17 bits per heavy atom. The predicted molar refractivity (Wildman–Crippen MR) is 49.8 cm³/mol. The maximum absolute atomic E-state index is 3.95. The van der Waals surface area contributed by atoms with Gasteiger partial charge in [-0.3, -0.25) is 0 Å². The van der Waals surface area contributed by atoms with Gasteiger partial charge in [-0.2, -0.15) is 3.71 Å². The van der Waals surface area contributed by atoms with Gasteiger partial charge in [-0.25, -0.2) is 0 Å². The van der Waals surface area contributed by atoms with E-state index in [1.54, 1.807) is 0 Å². The van der Waals surface area contributed by atoms with E-state index in [2.05, 4.69) is 26.5 Å². The summed E-state index contributed by atoms with van der Waals surface area (Å²) in [5, 5.41) is 7.73. The van der Waals surface area contributed by atoms with Crippen molar-refractivity contribution < 1.29 is 0 Å². The largest absolute Gasteiger partial charge is 0.184 e. The standard InChI is InChI=1S/C8H6BrN3/c9-12-6-8(10-11-12)7-4-2-1-3-5-7/h1-6H. The lowest BCUT2D eigenvalue weighted by Crippen LogP contribution is -1.76. The third kappa shape index (κ3) is 1.38. The van der Waals surface area contributed by atoms with Gasteiger partial charge in [0.25, 0.3) is 0 Å². The van der Waals surface area contributed by atoms with Crippen molar-refractivity contribution in [2.75, 3.05) is 0 Å². The number of nitrogens with zero attached hydrogens (tertiary/aromatic N) is 3. The van der Waals surface area contributed by atoms with Crippen LogP contribution in [0, 0.1) is 0 Å². The van der Waals surface area contributed by atoms with Crippen molar-refractivity contribution in [3.05, 3.63) is 36.5 Å². The second kappa shape index (κ2) is 3.06. The quantitative estimate of drug-likeness (QED) is 0.742. The minimum Gasteiger partial charge on any atom is -0.184 e. The molecular formula is C8H6BrN3.